The Bertz CT molecular complexity index is 580. The number of H-pyrrole nitrogens is 1. The zero-order chi connectivity index (χ0) is 14.0. The van der Waals surface area contributed by atoms with E-state index in [1.807, 2.05) is 0 Å². The maximum Gasteiger partial charge on any atom is 0.330 e. The van der Waals surface area contributed by atoms with Crippen molar-refractivity contribution in [1.29, 1.82) is 0 Å². The van der Waals surface area contributed by atoms with Crippen LogP contribution in [-0.2, 0) is 4.74 Å². The van der Waals surface area contributed by atoms with E-state index >= 15 is 0 Å². The van der Waals surface area contributed by atoms with Gasteiger partial charge in [0.2, 0.25) is 0 Å². The van der Waals surface area contributed by atoms with E-state index in [0.717, 1.165) is 0 Å². The Morgan fingerprint density at radius 2 is 2.42 bits per heavy atom. The second-order valence-corrected chi connectivity index (χ2v) is 4.39. The molecule has 1 aromatic heterocycles. The monoisotopic (exact) mass is 269 g/mol. The van der Waals surface area contributed by atoms with Crippen molar-refractivity contribution in [2.75, 3.05) is 6.61 Å². The van der Waals surface area contributed by atoms with Gasteiger partial charge in [-0.05, 0) is 6.92 Å². The molecule has 0 amide bonds. The summed E-state index contributed by atoms with van der Waals surface area (Å²) in [6.07, 6.45) is 0.578. The summed E-state index contributed by atoms with van der Waals surface area (Å²) in [5.41, 5.74) is 10.5. The van der Waals surface area contributed by atoms with Crippen LogP contribution in [0.3, 0.4) is 0 Å². The van der Waals surface area contributed by atoms with Crippen molar-refractivity contribution in [3.05, 3.63) is 38.1 Å². The van der Waals surface area contributed by atoms with Crippen LogP contribution < -0.4 is 21.9 Å². The number of nitrogens with one attached hydrogen (secondary N) is 3. The fourth-order valence-electron chi connectivity index (χ4n) is 2.11. The normalized spacial score (nSPS) is 26.3. The molecule has 1 aliphatic rings. The molecule has 19 heavy (non-hydrogen) atoms. The van der Waals surface area contributed by atoms with Crippen LogP contribution in [0, 0.1) is 6.92 Å². The number of hydrazine groups is 1. The average molecular weight is 269 g/mol. The summed E-state index contributed by atoms with van der Waals surface area (Å²) >= 11 is 0. The van der Waals surface area contributed by atoms with E-state index in [-0.39, 0.29) is 12.6 Å². The second-order valence-electron chi connectivity index (χ2n) is 4.39. The Morgan fingerprint density at radius 3 is 3.05 bits per heavy atom. The number of aromatic amines is 1. The Kier molecular flexibility index (Phi) is 3.76. The van der Waals surface area contributed by atoms with Crippen LogP contribution in [0.4, 0.5) is 0 Å². The van der Waals surface area contributed by atoms with Crippen molar-refractivity contribution in [2.24, 2.45) is 0 Å². The molecule has 1 aliphatic heterocycles. The summed E-state index contributed by atoms with van der Waals surface area (Å²) in [6.45, 7) is 1.32. The van der Waals surface area contributed by atoms with Crippen molar-refractivity contribution in [3.63, 3.8) is 0 Å². The van der Waals surface area contributed by atoms with Gasteiger partial charge in [0.25, 0.3) is 5.56 Å². The number of nitrogens with zero attached hydrogens (tertiary/aromatic N) is 2. The number of hydrogen-bond donors (Lipinski definition) is 4. The zero-order valence-electron chi connectivity index (χ0n) is 10.3. The topological polar surface area (TPSA) is 133 Å². The third-order valence-corrected chi connectivity index (χ3v) is 3.12. The lowest BCUT2D eigenvalue weighted by atomic mass is 10.1. The Morgan fingerprint density at radius 1 is 1.68 bits per heavy atom. The van der Waals surface area contributed by atoms with E-state index in [1.165, 1.54) is 10.8 Å². The number of aliphatic hydroxyl groups excluding tert-OH is 1. The van der Waals surface area contributed by atoms with Gasteiger partial charge in [0, 0.05) is 24.2 Å². The van der Waals surface area contributed by atoms with Gasteiger partial charge in [-0.2, -0.15) is 10.8 Å². The van der Waals surface area contributed by atoms with E-state index in [2.05, 4.69) is 10.4 Å². The second kappa shape index (κ2) is 5.33. The van der Waals surface area contributed by atoms with Crippen LogP contribution in [0.5, 0.6) is 0 Å². The molecule has 0 aromatic carbocycles. The van der Waals surface area contributed by atoms with Gasteiger partial charge < -0.3 is 9.84 Å². The minimum absolute atomic E-state index is 0.257. The quantitative estimate of drug-likeness (QED) is 0.344. The van der Waals surface area contributed by atoms with Gasteiger partial charge in [0.05, 0.1) is 12.7 Å². The van der Waals surface area contributed by atoms with Crippen LogP contribution in [0.15, 0.2) is 15.8 Å². The van der Waals surface area contributed by atoms with Crippen LogP contribution >= 0.6 is 0 Å². The molecular formula is C10H15N5O4. The van der Waals surface area contributed by atoms with Gasteiger partial charge in [0.15, 0.2) is 0 Å². The van der Waals surface area contributed by atoms with E-state index in [9.17, 15) is 14.7 Å². The molecule has 2 heterocycles. The molecule has 1 saturated heterocycles. The lowest BCUT2D eigenvalue weighted by Crippen LogP contribution is -2.79. The SMILES string of the molecule is Cc1cn(C2CC(N[NH+]=[N-])C(CO)O2)c(=O)[nH]c1=O. The predicted octanol–water partition coefficient (Wildman–Crippen LogP) is -2.90. The van der Waals surface area contributed by atoms with Crippen molar-refractivity contribution >= 4 is 0 Å². The number of ether oxygens (including phenoxy) is 1. The van der Waals surface area contributed by atoms with Crippen LogP contribution in [-0.4, -0.2) is 33.4 Å². The van der Waals surface area contributed by atoms with E-state index in [0.29, 0.717) is 12.0 Å². The number of aromatic nitrogens is 2. The Hall–Kier alpha value is -2.00. The minimum Gasteiger partial charge on any atom is -0.394 e. The fourth-order valence-corrected chi connectivity index (χ4v) is 2.11. The minimum atomic E-state index is -0.619. The van der Waals surface area contributed by atoms with E-state index < -0.39 is 23.6 Å². The molecule has 0 saturated carbocycles. The largest absolute Gasteiger partial charge is 0.394 e. The van der Waals surface area contributed by atoms with Gasteiger partial charge in [-0.3, -0.25) is 19.8 Å². The highest BCUT2D eigenvalue weighted by atomic mass is 16.5. The molecule has 3 atom stereocenters. The first-order chi connectivity index (χ1) is 9.06. The highest BCUT2D eigenvalue weighted by Gasteiger charge is 2.35. The maximum absolute atomic E-state index is 11.7. The third kappa shape index (κ3) is 2.56. The summed E-state index contributed by atoms with van der Waals surface area (Å²) in [7, 11) is 0. The molecule has 9 heteroatoms. The number of aliphatic hydroxyl groups is 1. The average Bonchev–Trinajstić information content (AvgIpc) is 2.77. The van der Waals surface area contributed by atoms with Crippen molar-refractivity contribution < 1.29 is 15.1 Å². The lowest BCUT2D eigenvalue weighted by Gasteiger charge is -2.15. The van der Waals surface area contributed by atoms with Crippen LogP contribution in [0.2, 0.25) is 0 Å². The van der Waals surface area contributed by atoms with Gasteiger partial charge in [-0.1, -0.05) is 0 Å². The molecule has 9 nitrogen and oxygen atoms in total. The Balaban J connectivity index is 2.29. The van der Waals surface area contributed by atoms with Crippen LogP contribution in [0.1, 0.15) is 18.2 Å². The molecule has 0 radical (unpaired) electrons. The number of rotatable bonds is 4. The Labute approximate surface area is 107 Å². The van der Waals surface area contributed by atoms with Gasteiger partial charge >= 0.3 is 5.69 Å². The number of aryl methyl sites for hydroxylation is 1. The zero-order valence-corrected chi connectivity index (χ0v) is 10.3. The van der Waals surface area contributed by atoms with Crippen molar-refractivity contribution in [1.82, 2.24) is 15.0 Å². The molecule has 104 valence electrons. The third-order valence-electron chi connectivity index (χ3n) is 3.12. The summed E-state index contributed by atoms with van der Waals surface area (Å²) < 4.78 is 6.78. The van der Waals surface area contributed by atoms with Gasteiger partial charge in [-0.25, -0.2) is 4.79 Å². The maximum atomic E-state index is 11.7. The summed E-state index contributed by atoms with van der Waals surface area (Å²) in [5.74, 6) is 0. The summed E-state index contributed by atoms with van der Waals surface area (Å²) in [5, 5.41) is 11.0. The summed E-state index contributed by atoms with van der Waals surface area (Å²) in [4.78, 5) is 25.2. The molecule has 0 aliphatic carbocycles. The standard InChI is InChI=1S/C10H15N5O4/c1-5-3-15(10(18)12-9(5)17)8-2-6(13-14-11)7(4-16)19-8/h3,6-8,14,16H,2,4H2,1H3,(H2-,11,12,13,17,18). The molecule has 1 aromatic rings. The molecule has 2 rings (SSSR count). The highest BCUT2D eigenvalue weighted by molar-refractivity contribution is 5.02. The summed E-state index contributed by atoms with van der Waals surface area (Å²) in [6, 6.07) is -0.362. The molecular weight excluding hydrogens is 254 g/mol. The molecule has 0 bridgehead atoms. The molecule has 1 fully saturated rings. The van der Waals surface area contributed by atoms with Gasteiger partial charge in [0.1, 0.15) is 6.23 Å². The highest BCUT2D eigenvalue weighted by Crippen LogP contribution is 2.26. The molecule has 3 unspecified atom stereocenters. The first-order valence-corrected chi connectivity index (χ1v) is 5.79. The van der Waals surface area contributed by atoms with E-state index in [1.54, 1.807) is 12.1 Å². The smallest absolute Gasteiger partial charge is 0.330 e. The lowest BCUT2D eigenvalue weighted by molar-refractivity contribution is -0.556. The first-order valence-electron chi connectivity index (χ1n) is 5.79. The first kappa shape index (κ1) is 13.4. The van der Waals surface area contributed by atoms with E-state index in [4.69, 9.17) is 10.3 Å². The van der Waals surface area contributed by atoms with Crippen molar-refractivity contribution in [3.8, 4) is 0 Å². The van der Waals surface area contributed by atoms with Crippen LogP contribution in [0.25, 0.3) is 5.53 Å². The van der Waals surface area contributed by atoms with Crippen molar-refractivity contribution in [2.45, 2.75) is 31.7 Å². The predicted molar refractivity (Wildman–Crippen MR) is 62.9 cm³/mol. The molecule has 4 N–H and O–H groups in total. The fraction of sp³-hybridized carbons (Fsp3) is 0.600. The van der Waals surface area contributed by atoms with Gasteiger partial charge in [-0.15, -0.1) is 0 Å². The molecule has 0 spiro atoms. The number of hydrogen-bond acceptors (Lipinski definition) is 4.